The number of likely N-dealkylation sites (N-methyl/N-ethyl adjacent to an activating group) is 1. The first kappa shape index (κ1) is 16.2. The number of nitrogens with zero attached hydrogens (tertiary/aromatic N) is 2. The third-order valence-corrected chi connectivity index (χ3v) is 5.78. The van der Waals surface area contributed by atoms with E-state index in [1.807, 2.05) is 0 Å². The fraction of sp³-hybridized carbons (Fsp3) is 1.00. The number of nitrogens with one attached hydrogen (secondary N) is 2. The summed E-state index contributed by atoms with van der Waals surface area (Å²) in [5.41, 5.74) is 0. The van der Waals surface area contributed by atoms with Crippen LogP contribution in [0.15, 0.2) is 0 Å². The number of hydrogen-bond acceptors (Lipinski definition) is 4. The molecule has 0 aromatic rings. The van der Waals surface area contributed by atoms with E-state index < -0.39 is 10.2 Å². The molecule has 0 aromatic heterocycles. The summed E-state index contributed by atoms with van der Waals surface area (Å²) in [6, 6.07) is 1.03. The van der Waals surface area contributed by atoms with Crippen molar-refractivity contribution in [2.75, 3.05) is 40.3 Å². The molecule has 2 aliphatic rings. The second-order valence-electron chi connectivity index (χ2n) is 6.03. The Kier molecular flexibility index (Phi) is 5.80. The van der Waals surface area contributed by atoms with Gasteiger partial charge in [0.15, 0.2) is 0 Å². The molecule has 0 bridgehead atoms. The predicted molar refractivity (Wildman–Crippen MR) is 80.8 cm³/mol. The zero-order valence-electron chi connectivity index (χ0n) is 12.6. The molecule has 1 saturated heterocycles. The molecule has 1 heterocycles. The lowest BCUT2D eigenvalue weighted by Crippen LogP contribution is -2.44. The van der Waals surface area contributed by atoms with E-state index in [0.29, 0.717) is 25.2 Å². The van der Waals surface area contributed by atoms with Crippen molar-refractivity contribution in [2.24, 2.45) is 0 Å². The lowest BCUT2D eigenvalue weighted by molar-refractivity contribution is 0.308. The molecule has 20 heavy (non-hydrogen) atoms. The second kappa shape index (κ2) is 7.17. The molecule has 0 radical (unpaired) electrons. The molecule has 1 unspecified atom stereocenters. The molecule has 0 spiro atoms. The van der Waals surface area contributed by atoms with Crippen molar-refractivity contribution >= 4 is 10.2 Å². The van der Waals surface area contributed by atoms with Gasteiger partial charge in [-0.15, -0.1) is 0 Å². The van der Waals surface area contributed by atoms with Crippen LogP contribution < -0.4 is 10.0 Å². The molecule has 0 aromatic carbocycles. The summed E-state index contributed by atoms with van der Waals surface area (Å²) in [4.78, 5) is 2.22. The van der Waals surface area contributed by atoms with Gasteiger partial charge in [-0.3, -0.25) is 0 Å². The highest BCUT2D eigenvalue weighted by atomic mass is 32.2. The van der Waals surface area contributed by atoms with Crippen LogP contribution >= 0.6 is 0 Å². The van der Waals surface area contributed by atoms with Crippen molar-refractivity contribution in [3.05, 3.63) is 0 Å². The Morgan fingerprint density at radius 3 is 2.65 bits per heavy atom. The normalized spacial score (nSPS) is 24.6. The fourth-order valence-corrected chi connectivity index (χ4v) is 3.56. The average Bonchev–Trinajstić information content (AvgIpc) is 3.14. The summed E-state index contributed by atoms with van der Waals surface area (Å²) >= 11 is 0. The minimum atomic E-state index is -3.33. The molecular formula is C13H28N4O2S. The number of hydrogen-bond donors (Lipinski definition) is 2. The molecule has 1 saturated carbocycles. The van der Waals surface area contributed by atoms with Crippen molar-refractivity contribution in [1.29, 1.82) is 0 Å². The summed E-state index contributed by atoms with van der Waals surface area (Å²) in [6.07, 6.45) is 5.63. The summed E-state index contributed by atoms with van der Waals surface area (Å²) < 4.78 is 28.4. The number of likely N-dealkylation sites (tertiary alicyclic amines) is 1. The standard InChI is InChI=1S/C13H28N4O2S/c1-16-9-3-5-13(16)11-15-20(18,19)17(2)10-4-8-14-12-6-7-12/h12-15H,3-11H2,1-2H3. The quantitative estimate of drug-likeness (QED) is 0.588. The lowest BCUT2D eigenvalue weighted by atomic mass is 10.2. The number of rotatable bonds is 9. The maximum absolute atomic E-state index is 12.1. The minimum Gasteiger partial charge on any atom is -0.314 e. The van der Waals surface area contributed by atoms with Gasteiger partial charge in [0.1, 0.15) is 0 Å². The minimum absolute atomic E-state index is 0.342. The van der Waals surface area contributed by atoms with E-state index in [4.69, 9.17) is 0 Å². The largest absolute Gasteiger partial charge is 0.314 e. The topological polar surface area (TPSA) is 64.7 Å². The Labute approximate surface area is 123 Å². The molecule has 2 fully saturated rings. The highest BCUT2D eigenvalue weighted by molar-refractivity contribution is 7.87. The zero-order chi connectivity index (χ0) is 14.6. The van der Waals surface area contributed by atoms with Crippen molar-refractivity contribution in [3.8, 4) is 0 Å². The van der Waals surface area contributed by atoms with Crippen LogP contribution in [-0.2, 0) is 10.2 Å². The van der Waals surface area contributed by atoms with Crippen LogP contribution in [0.4, 0.5) is 0 Å². The SMILES string of the molecule is CN1CCCC1CNS(=O)(=O)N(C)CCCNC1CC1. The summed E-state index contributed by atoms with van der Waals surface area (Å²) in [5.74, 6) is 0. The maximum Gasteiger partial charge on any atom is 0.279 e. The van der Waals surface area contributed by atoms with Crippen LogP contribution in [-0.4, -0.2) is 70.0 Å². The Bertz CT molecular complexity index is 397. The van der Waals surface area contributed by atoms with Crippen molar-refractivity contribution in [1.82, 2.24) is 19.2 Å². The third kappa shape index (κ3) is 4.96. The van der Waals surface area contributed by atoms with Gasteiger partial charge in [-0.05, 0) is 52.2 Å². The van der Waals surface area contributed by atoms with Crippen LogP contribution in [0.3, 0.4) is 0 Å². The van der Waals surface area contributed by atoms with E-state index in [1.165, 1.54) is 17.1 Å². The van der Waals surface area contributed by atoms with Crippen LogP contribution in [0.2, 0.25) is 0 Å². The fourth-order valence-electron chi connectivity index (χ4n) is 2.56. The van der Waals surface area contributed by atoms with Gasteiger partial charge < -0.3 is 10.2 Å². The van der Waals surface area contributed by atoms with Crippen LogP contribution in [0.1, 0.15) is 32.1 Å². The first-order valence-corrected chi connectivity index (χ1v) is 9.07. The zero-order valence-corrected chi connectivity index (χ0v) is 13.5. The molecule has 2 rings (SSSR count). The van der Waals surface area contributed by atoms with Gasteiger partial charge in [0.25, 0.3) is 10.2 Å². The van der Waals surface area contributed by atoms with E-state index in [-0.39, 0.29) is 0 Å². The Morgan fingerprint density at radius 2 is 2.05 bits per heavy atom. The molecule has 7 heteroatoms. The Morgan fingerprint density at radius 1 is 1.30 bits per heavy atom. The van der Waals surface area contributed by atoms with Gasteiger partial charge in [-0.2, -0.15) is 12.7 Å². The van der Waals surface area contributed by atoms with Gasteiger partial charge >= 0.3 is 0 Å². The van der Waals surface area contributed by atoms with Crippen molar-refractivity contribution < 1.29 is 8.42 Å². The van der Waals surface area contributed by atoms with Crippen LogP contribution in [0, 0.1) is 0 Å². The second-order valence-corrected chi connectivity index (χ2v) is 7.90. The average molecular weight is 304 g/mol. The maximum atomic E-state index is 12.1. The summed E-state index contributed by atoms with van der Waals surface area (Å²) in [6.45, 7) is 3.05. The summed E-state index contributed by atoms with van der Waals surface area (Å²) in [7, 11) is 0.378. The Balaban J connectivity index is 1.64. The smallest absolute Gasteiger partial charge is 0.279 e. The van der Waals surface area contributed by atoms with Crippen molar-refractivity contribution in [2.45, 2.75) is 44.2 Å². The predicted octanol–water partition coefficient (Wildman–Crippen LogP) is -0.0111. The van der Waals surface area contributed by atoms with Gasteiger partial charge in [-0.1, -0.05) is 0 Å². The highest BCUT2D eigenvalue weighted by Gasteiger charge is 2.24. The van der Waals surface area contributed by atoms with Gasteiger partial charge in [0.2, 0.25) is 0 Å². The first-order valence-electron chi connectivity index (χ1n) is 7.63. The van der Waals surface area contributed by atoms with Crippen LogP contribution in [0.25, 0.3) is 0 Å². The molecule has 1 aliphatic heterocycles. The van der Waals surface area contributed by atoms with Gasteiger partial charge in [0, 0.05) is 32.2 Å². The van der Waals surface area contributed by atoms with E-state index >= 15 is 0 Å². The van der Waals surface area contributed by atoms with Crippen LogP contribution in [0.5, 0.6) is 0 Å². The van der Waals surface area contributed by atoms with E-state index in [9.17, 15) is 8.42 Å². The Hall–Kier alpha value is -0.210. The third-order valence-electron chi connectivity index (χ3n) is 4.24. The van der Waals surface area contributed by atoms with E-state index in [0.717, 1.165) is 32.4 Å². The first-order chi connectivity index (χ1) is 9.49. The molecule has 1 aliphatic carbocycles. The van der Waals surface area contributed by atoms with E-state index in [1.54, 1.807) is 7.05 Å². The van der Waals surface area contributed by atoms with E-state index in [2.05, 4.69) is 22.0 Å². The summed E-state index contributed by atoms with van der Waals surface area (Å²) in [5, 5.41) is 3.40. The molecule has 0 amide bonds. The van der Waals surface area contributed by atoms with Gasteiger partial charge in [-0.25, -0.2) is 4.72 Å². The molecule has 1 atom stereocenters. The molecular weight excluding hydrogens is 276 g/mol. The lowest BCUT2D eigenvalue weighted by Gasteiger charge is -2.22. The van der Waals surface area contributed by atoms with Crippen molar-refractivity contribution in [3.63, 3.8) is 0 Å². The highest BCUT2D eigenvalue weighted by Crippen LogP contribution is 2.18. The monoisotopic (exact) mass is 304 g/mol. The molecule has 6 nitrogen and oxygen atoms in total. The molecule has 118 valence electrons. The van der Waals surface area contributed by atoms with Gasteiger partial charge in [0.05, 0.1) is 0 Å². The molecule has 2 N–H and O–H groups in total.